The summed E-state index contributed by atoms with van der Waals surface area (Å²) < 4.78 is 10.9. The van der Waals surface area contributed by atoms with E-state index in [0.717, 1.165) is 17.2 Å². The van der Waals surface area contributed by atoms with Gasteiger partial charge in [0.1, 0.15) is 0 Å². The fourth-order valence-electron chi connectivity index (χ4n) is 6.00. The van der Waals surface area contributed by atoms with E-state index in [-0.39, 0.29) is 6.04 Å². The summed E-state index contributed by atoms with van der Waals surface area (Å²) in [5.74, 6) is 2.86. The molecule has 2 aromatic carbocycles. The molecule has 28 heavy (non-hydrogen) atoms. The van der Waals surface area contributed by atoms with Gasteiger partial charge in [0.05, 0.1) is 25.8 Å². The zero-order valence-electron chi connectivity index (χ0n) is 16.1. The lowest BCUT2D eigenvalue weighted by Crippen LogP contribution is -2.35. The Balaban J connectivity index is 1.60. The molecule has 0 unspecified atom stereocenters. The zero-order chi connectivity index (χ0) is 19.4. The SMILES string of the molecule is COc1ccc([C@@H]2Nc3ccc(C(=O)O)cc3[C@@H]3[C@H]4CC[C@@H](C4)[C@H]32)cc1OC. The minimum atomic E-state index is -0.857. The lowest BCUT2D eigenvalue weighted by atomic mass is 9.68. The number of rotatable bonds is 4. The van der Waals surface area contributed by atoms with Gasteiger partial charge in [-0.05, 0) is 84.4 Å². The van der Waals surface area contributed by atoms with Gasteiger partial charge < -0.3 is 19.9 Å². The predicted octanol–water partition coefficient (Wildman–Crippen LogP) is 4.70. The molecule has 1 heterocycles. The molecule has 0 aromatic heterocycles. The Kier molecular flexibility index (Phi) is 4.00. The first-order valence-corrected chi connectivity index (χ1v) is 9.96. The van der Waals surface area contributed by atoms with E-state index in [2.05, 4.69) is 17.4 Å². The van der Waals surface area contributed by atoms with Crippen molar-refractivity contribution in [1.82, 2.24) is 0 Å². The topological polar surface area (TPSA) is 67.8 Å². The molecule has 5 atom stereocenters. The summed E-state index contributed by atoms with van der Waals surface area (Å²) in [5.41, 5.74) is 3.84. The second-order valence-corrected chi connectivity index (χ2v) is 8.28. The van der Waals surface area contributed by atoms with Gasteiger partial charge in [-0.15, -0.1) is 0 Å². The van der Waals surface area contributed by atoms with Crippen LogP contribution in [0.5, 0.6) is 11.5 Å². The van der Waals surface area contributed by atoms with Crippen LogP contribution in [-0.2, 0) is 0 Å². The minimum absolute atomic E-state index is 0.197. The molecule has 5 nitrogen and oxygen atoms in total. The third kappa shape index (κ3) is 2.49. The number of anilines is 1. The molecule has 146 valence electrons. The highest BCUT2D eigenvalue weighted by Crippen LogP contribution is 2.63. The maximum absolute atomic E-state index is 11.5. The Labute approximate surface area is 164 Å². The lowest BCUT2D eigenvalue weighted by molar-refractivity contribution is 0.0696. The van der Waals surface area contributed by atoms with Crippen LogP contribution in [0.4, 0.5) is 5.69 Å². The zero-order valence-corrected chi connectivity index (χ0v) is 16.1. The van der Waals surface area contributed by atoms with Gasteiger partial charge in [-0.25, -0.2) is 4.79 Å². The van der Waals surface area contributed by atoms with Crippen LogP contribution in [0.3, 0.4) is 0 Å². The van der Waals surface area contributed by atoms with Gasteiger partial charge in [-0.1, -0.05) is 6.07 Å². The van der Waals surface area contributed by atoms with Crippen molar-refractivity contribution in [2.24, 2.45) is 17.8 Å². The van der Waals surface area contributed by atoms with Gasteiger partial charge in [0, 0.05) is 5.69 Å². The number of carboxylic acids is 1. The van der Waals surface area contributed by atoms with Crippen LogP contribution in [0.1, 0.15) is 52.7 Å². The van der Waals surface area contributed by atoms with Crippen molar-refractivity contribution < 1.29 is 19.4 Å². The first-order chi connectivity index (χ1) is 13.6. The molecule has 2 saturated carbocycles. The number of carbonyl (C=O) groups is 1. The maximum Gasteiger partial charge on any atom is 0.335 e. The maximum atomic E-state index is 11.5. The second-order valence-electron chi connectivity index (χ2n) is 8.28. The van der Waals surface area contributed by atoms with Crippen molar-refractivity contribution in [2.75, 3.05) is 19.5 Å². The molecule has 0 saturated heterocycles. The average Bonchev–Trinajstić information content (AvgIpc) is 3.34. The van der Waals surface area contributed by atoms with E-state index in [1.54, 1.807) is 20.3 Å². The predicted molar refractivity (Wildman–Crippen MR) is 106 cm³/mol. The highest BCUT2D eigenvalue weighted by Gasteiger charge is 2.53. The van der Waals surface area contributed by atoms with Crippen LogP contribution in [0.2, 0.25) is 0 Å². The quantitative estimate of drug-likeness (QED) is 0.806. The summed E-state index contributed by atoms with van der Waals surface area (Å²) in [4.78, 5) is 11.5. The van der Waals surface area contributed by atoms with Crippen LogP contribution in [0.15, 0.2) is 36.4 Å². The Bertz CT molecular complexity index is 940. The number of nitrogens with one attached hydrogen (secondary N) is 1. The van der Waals surface area contributed by atoms with E-state index in [1.165, 1.54) is 30.4 Å². The number of aromatic carboxylic acids is 1. The van der Waals surface area contributed by atoms with Gasteiger partial charge in [0.15, 0.2) is 11.5 Å². The molecular weight excluding hydrogens is 354 g/mol. The number of benzene rings is 2. The van der Waals surface area contributed by atoms with E-state index < -0.39 is 5.97 Å². The Morgan fingerprint density at radius 1 is 1.04 bits per heavy atom. The molecule has 5 heteroatoms. The van der Waals surface area contributed by atoms with Crippen LogP contribution < -0.4 is 14.8 Å². The van der Waals surface area contributed by atoms with Crippen LogP contribution in [0.25, 0.3) is 0 Å². The van der Waals surface area contributed by atoms with Gasteiger partial charge in [0.25, 0.3) is 0 Å². The van der Waals surface area contributed by atoms with E-state index in [4.69, 9.17) is 9.47 Å². The third-order valence-electron chi connectivity index (χ3n) is 7.10. The lowest BCUT2D eigenvalue weighted by Gasteiger charge is -2.43. The largest absolute Gasteiger partial charge is 0.493 e. The van der Waals surface area contributed by atoms with Crippen molar-refractivity contribution in [3.63, 3.8) is 0 Å². The Morgan fingerprint density at radius 3 is 2.57 bits per heavy atom. The molecule has 0 amide bonds. The molecular formula is C23H25NO4. The molecule has 0 spiro atoms. The van der Waals surface area contributed by atoms with Gasteiger partial charge >= 0.3 is 5.97 Å². The molecule has 2 N–H and O–H groups in total. The van der Waals surface area contributed by atoms with Crippen molar-refractivity contribution in [3.05, 3.63) is 53.1 Å². The number of hydrogen-bond acceptors (Lipinski definition) is 4. The summed E-state index contributed by atoms with van der Waals surface area (Å²) in [6.45, 7) is 0. The second kappa shape index (κ2) is 6.43. The molecule has 5 rings (SSSR count). The summed E-state index contributed by atoms with van der Waals surface area (Å²) in [7, 11) is 3.32. The monoisotopic (exact) mass is 379 g/mol. The fourth-order valence-corrected chi connectivity index (χ4v) is 6.00. The number of ether oxygens (including phenoxy) is 2. The van der Waals surface area contributed by atoms with E-state index in [0.29, 0.717) is 29.2 Å². The van der Waals surface area contributed by atoms with Crippen LogP contribution in [0, 0.1) is 17.8 Å². The number of hydrogen-bond donors (Lipinski definition) is 2. The normalized spacial score (nSPS) is 29.6. The van der Waals surface area contributed by atoms with Gasteiger partial charge in [-0.2, -0.15) is 0 Å². The van der Waals surface area contributed by atoms with Crippen LogP contribution in [-0.4, -0.2) is 25.3 Å². The first-order valence-electron chi connectivity index (χ1n) is 9.96. The molecule has 2 aliphatic carbocycles. The smallest absolute Gasteiger partial charge is 0.335 e. The number of fused-ring (bicyclic) bond motifs is 7. The van der Waals surface area contributed by atoms with E-state index >= 15 is 0 Å². The number of carboxylic acid groups (broad SMARTS) is 1. The highest BCUT2D eigenvalue weighted by molar-refractivity contribution is 5.88. The van der Waals surface area contributed by atoms with E-state index in [1.807, 2.05) is 18.2 Å². The summed E-state index contributed by atoms with van der Waals surface area (Å²) in [5, 5.41) is 13.2. The Morgan fingerprint density at radius 2 is 1.82 bits per heavy atom. The van der Waals surface area contributed by atoms with E-state index in [9.17, 15) is 9.90 Å². The van der Waals surface area contributed by atoms with Crippen molar-refractivity contribution in [1.29, 1.82) is 0 Å². The van der Waals surface area contributed by atoms with Crippen molar-refractivity contribution in [3.8, 4) is 11.5 Å². The first kappa shape index (κ1) is 17.4. The summed E-state index contributed by atoms with van der Waals surface area (Å²) in [6, 6.07) is 11.9. The van der Waals surface area contributed by atoms with Gasteiger partial charge in [-0.3, -0.25) is 0 Å². The van der Waals surface area contributed by atoms with Crippen molar-refractivity contribution >= 4 is 11.7 Å². The molecule has 2 aromatic rings. The van der Waals surface area contributed by atoms with Gasteiger partial charge in [0.2, 0.25) is 0 Å². The van der Waals surface area contributed by atoms with Crippen LogP contribution >= 0.6 is 0 Å². The minimum Gasteiger partial charge on any atom is -0.493 e. The fraction of sp³-hybridized carbons (Fsp3) is 0.435. The highest BCUT2D eigenvalue weighted by atomic mass is 16.5. The standard InChI is InChI=1S/C23H25NO4/c1-27-18-8-6-14(11-19(18)28-2)22-21-13-4-3-12(9-13)20(21)16-10-15(23(25)26)5-7-17(16)24-22/h5-8,10-13,20-22,24H,3-4,9H2,1-2H3,(H,25,26)/t12-,13-,20-,21+,22-/m0/s1. The molecule has 2 bridgehead atoms. The molecule has 1 aliphatic heterocycles. The number of methoxy groups -OCH3 is 2. The molecule has 3 aliphatic rings. The molecule has 2 fully saturated rings. The van der Waals surface area contributed by atoms with Crippen molar-refractivity contribution in [2.45, 2.75) is 31.2 Å². The molecule has 0 radical (unpaired) electrons. The third-order valence-corrected chi connectivity index (χ3v) is 7.10. The average molecular weight is 379 g/mol. The summed E-state index contributed by atoms with van der Waals surface area (Å²) in [6.07, 6.45) is 3.77. The Hall–Kier alpha value is -2.69. The summed E-state index contributed by atoms with van der Waals surface area (Å²) >= 11 is 0.